The van der Waals surface area contributed by atoms with Gasteiger partial charge in [0.25, 0.3) is 5.91 Å². The van der Waals surface area contributed by atoms with E-state index in [-0.39, 0.29) is 36.9 Å². The number of imide groups is 1. The molecule has 8 heteroatoms. The number of amides is 4. The molecule has 1 aliphatic heterocycles. The molecule has 1 aromatic carbocycles. The zero-order valence-corrected chi connectivity index (χ0v) is 14.4. The number of carbonyl (C=O) groups is 3. The minimum absolute atomic E-state index is 0.0150. The zero-order valence-electron chi connectivity index (χ0n) is 14.4. The maximum absolute atomic E-state index is 13.6. The molecule has 6 nitrogen and oxygen atoms in total. The molecule has 0 spiro atoms. The lowest BCUT2D eigenvalue weighted by Crippen LogP contribution is -2.40. The molecule has 1 aromatic rings. The van der Waals surface area contributed by atoms with Crippen LogP contribution < -0.4 is 5.32 Å². The first-order valence-corrected chi connectivity index (χ1v) is 7.94. The van der Waals surface area contributed by atoms with Crippen molar-refractivity contribution >= 4 is 17.8 Å². The first kappa shape index (κ1) is 18.8. The molecular formula is C17H21F2N3O3. The van der Waals surface area contributed by atoms with Crippen LogP contribution in [-0.2, 0) is 16.1 Å². The van der Waals surface area contributed by atoms with Gasteiger partial charge in [-0.3, -0.25) is 14.5 Å². The van der Waals surface area contributed by atoms with E-state index in [1.54, 1.807) is 13.8 Å². The highest BCUT2D eigenvalue weighted by Gasteiger charge is 2.43. The minimum atomic E-state index is -0.933. The van der Waals surface area contributed by atoms with Crippen LogP contribution in [0, 0.1) is 11.6 Å². The van der Waals surface area contributed by atoms with Crippen molar-refractivity contribution in [2.75, 3.05) is 13.6 Å². The van der Waals surface area contributed by atoms with E-state index < -0.39 is 23.2 Å². The highest BCUT2D eigenvalue weighted by atomic mass is 19.1. The maximum Gasteiger partial charge on any atom is 0.325 e. The molecule has 0 radical (unpaired) electrons. The van der Waals surface area contributed by atoms with E-state index in [9.17, 15) is 23.2 Å². The average Bonchev–Trinajstić information content (AvgIpc) is 2.71. The summed E-state index contributed by atoms with van der Waals surface area (Å²) in [6.07, 6.45) is 0.418. The fourth-order valence-corrected chi connectivity index (χ4v) is 2.59. The lowest BCUT2D eigenvalue weighted by molar-refractivity contribution is -0.132. The van der Waals surface area contributed by atoms with Gasteiger partial charge in [-0.05, 0) is 26.3 Å². The molecule has 136 valence electrons. The molecule has 25 heavy (non-hydrogen) atoms. The molecule has 1 heterocycles. The first-order valence-electron chi connectivity index (χ1n) is 7.94. The fourth-order valence-electron chi connectivity index (χ4n) is 2.59. The van der Waals surface area contributed by atoms with Crippen LogP contribution in [0.15, 0.2) is 18.2 Å². The Labute approximate surface area is 144 Å². The summed E-state index contributed by atoms with van der Waals surface area (Å²) in [5.41, 5.74) is -0.717. The van der Waals surface area contributed by atoms with Crippen molar-refractivity contribution in [1.29, 1.82) is 0 Å². The van der Waals surface area contributed by atoms with E-state index in [4.69, 9.17) is 0 Å². The van der Waals surface area contributed by atoms with Crippen molar-refractivity contribution in [3.05, 3.63) is 35.4 Å². The van der Waals surface area contributed by atoms with Crippen molar-refractivity contribution in [3.8, 4) is 0 Å². The van der Waals surface area contributed by atoms with E-state index in [2.05, 4.69) is 5.32 Å². The van der Waals surface area contributed by atoms with Gasteiger partial charge >= 0.3 is 6.03 Å². The number of nitrogens with one attached hydrogen (secondary N) is 1. The number of hydrogen-bond acceptors (Lipinski definition) is 3. The highest BCUT2D eigenvalue weighted by molar-refractivity contribution is 6.06. The summed E-state index contributed by atoms with van der Waals surface area (Å²) < 4.78 is 26.5. The molecule has 1 N–H and O–H groups in total. The second kappa shape index (κ2) is 7.16. The number of nitrogens with zero attached hydrogens (tertiary/aromatic N) is 2. The number of rotatable bonds is 6. The lowest BCUT2D eigenvalue weighted by atomic mass is 10.1. The standard InChI is InChI=1S/C17H21F2N3O3/c1-17(2)15(24)22(16(25)20-17)8-4-5-14(23)21(3)10-11-6-7-12(18)9-13(11)19/h6-7,9H,4-5,8,10H2,1-3H3,(H,20,25). The smallest absolute Gasteiger partial charge is 0.325 e. The fraction of sp³-hybridized carbons (Fsp3) is 0.471. The molecule has 0 atom stereocenters. The average molecular weight is 353 g/mol. The van der Waals surface area contributed by atoms with E-state index in [0.717, 1.165) is 17.0 Å². The molecule has 4 amide bonds. The van der Waals surface area contributed by atoms with Gasteiger partial charge in [-0.25, -0.2) is 13.6 Å². The van der Waals surface area contributed by atoms with Crippen LogP contribution in [0.2, 0.25) is 0 Å². The zero-order chi connectivity index (χ0) is 18.8. The highest BCUT2D eigenvalue weighted by Crippen LogP contribution is 2.17. The van der Waals surface area contributed by atoms with E-state index >= 15 is 0 Å². The van der Waals surface area contributed by atoms with Crippen molar-refractivity contribution in [2.24, 2.45) is 0 Å². The van der Waals surface area contributed by atoms with Crippen molar-refractivity contribution < 1.29 is 23.2 Å². The third-order valence-corrected chi connectivity index (χ3v) is 4.07. The van der Waals surface area contributed by atoms with Crippen molar-refractivity contribution in [1.82, 2.24) is 15.1 Å². The van der Waals surface area contributed by atoms with Gasteiger partial charge in [-0.2, -0.15) is 0 Å². The Morgan fingerprint density at radius 3 is 2.52 bits per heavy atom. The lowest BCUT2D eigenvalue weighted by Gasteiger charge is -2.19. The maximum atomic E-state index is 13.6. The molecule has 1 fully saturated rings. The van der Waals surface area contributed by atoms with Crippen LogP contribution in [0.5, 0.6) is 0 Å². The largest absolute Gasteiger partial charge is 0.341 e. The van der Waals surface area contributed by atoms with Gasteiger partial charge in [0.05, 0.1) is 0 Å². The Hall–Kier alpha value is -2.51. The number of carbonyl (C=O) groups excluding carboxylic acids is 3. The summed E-state index contributed by atoms with van der Waals surface area (Å²) in [5.74, 6) is -1.96. The van der Waals surface area contributed by atoms with Gasteiger partial charge in [0, 0.05) is 38.2 Å². The summed E-state index contributed by atoms with van der Waals surface area (Å²) in [7, 11) is 1.52. The topological polar surface area (TPSA) is 69.7 Å². The van der Waals surface area contributed by atoms with Gasteiger partial charge < -0.3 is 10.2 Å². The normalized spacial score (nSPS) is 16.1. The number of benzene rings is 1. The Balaban J connectivity index is 1.84. The molecular weight excluding hydrogens is 332 g/mol. The predicted octanol–water partition coefficient (Wildman–Crippen LogP) is 2.03. The molecule has 2 rings (SSSR count). The molecule has 0 bridgehead atoms. The van der Waals surface area contributed by atoms with E-state index in [1.807, 2.05) is 0 Å². The minimum Gasteiger partial charge on any atom is -0.341 e. The summed E-state index contributed by atoms with van der Waals surface area (Å²) in [6, 6.07) is 2.73. The second-order valence-electron chi connectivity index (χ2n) is 6.60. The van der Waals surface area contributed by atoms with Crippen molar-refractivity contribution in [3.63, 3.8) is 0 Å². The van der Waals surface area contributed by atoms with E-state index in [0.29, 0.717) is 6.42 Å². The third-order valence-electron chi connectivity index (χ3n) is 4.07. The number of urea groups is 1. The number of halogens is 2. The van der Waals surface area contributed by atoms with Crippen LogP contribution in [0.25, 0.3) is 0 Å². The summed E-state index contributed by atoms with van der Waals surface area (Å²) in [5, 5.41) is 2.57. The van der Waals surface area contributed by atoms with Crippen LogP contribution in [-0.4, -0.2) is 46.8 Å². The van der Waals surface area contributed by atoms with Crippen LogP contribution >= 0.6 is 0 Å². The molecule has 0 saturated carbocycles. The summed E-state index contributed by atoms with van der Waals surface area (Å²) >= 11 is 0. The molecule has 1 saturated heterocycles. The van der Waals surface area contributed by atoms with Crippen LogP contribution in [0.4, 0.5) is 13.6 Å². The molecule has 0 unspecified atom stereocenters. The third kappa shape index (κ3) is 4.32. The first-order chi connectivity index (χ1) is 11.6. The van der Waals surface area contributed by atoms with Crippen molar-refractivity contribution in [2.45, 2.75) is 38.8 Å². The summed E-state index contributed by atoms with van der Waals surface area (Å²) in [4.78, 5) is 38.3. The SMILES string of the molecule is CN(Cc1ccc(F)cc1F)C(=O)CCCN1C(=O)NC(C)(C)C1=O. The Kier molecular flexibility index (Phi) is 5.39. The van der Waals surface area contributed by atoms with E-state index in [1.165, 1.54) is 18.0 Å². The van der Waals surface area contributed by atoms with Crippen LogP contribution in [0.3, 0.4) is 0 Å². The molecule has 1 aliphatic rings. The quantitative estimate of drug-likeness (QED) is 0.796. The van der Waals surface area contributed by atoms with Crippen LogP contribution in [0.1, 0.15) is 32.3 Å². The van der Waals surface area contributed by atoms with Gasteiger partial charge in [0.1, 0.15) is 17.2 Å². The van der Waals surface area contributed by atoms with Gasteiger partial charge in [0.15, 0.2) is 0 Å². The predicted molar refractivity (Wildman–Crippen MR) is 86.4 cm³/mol. The Morgan fingerprint density at radius 1 is 1.28 bits per heavy atom. The van der Waals surface area contributed by atoms with Gasteiger partial charge in [-0.1, -0.05) is 6.07 Å². The second-order valence-corrected chi connectivity index (χ2v) is 6.60. The number of hydrogen-bond donors (Lipinski definition) is 1. The molecule has 0 aromatic heterocycles. The van der Waals surface area contributed by atoms with Gasteiger partial charge in [-0.15, -0.1) is 0 Å². The van der Waals surface area contributed by atoms with Gasteiger partial charge in [0.2, 0.25) is 5.91 Å². The summed E-state index contributed by atoms with van der Waals surface area (Å²) in [6.45, 7) is 3.38. The Morgan fingerprint density at radius 2 is 1.96 bits per heavy atom. The molecule has 0 aliphatic carbocycles. The Bertz CT molecular complexity index is 706. The monoisotopic (exact) mass is 353 g/mol.